The lowest BCUT2D eigenvalue weighted by Gasteiger charge is -2.22. The number of carbonyl (C=O) groups is 1. The number of aromatic nitrogens is 1. The highest BCUT2D eigenvalue weighted by Crippen LogP contribution is 2.31. The number of benzene rings is 2. The predicted molar refractivity (Wildman–Crippen MR) is 130 cm³/mol. The van der Waals surface area contributed by atoms with Gasteiger partial charge in [0.05, 0.1) is 11.3 Å². The molecular formula is C26H22F3N3O4S. The van der Waals surface area contributed by atoms with Crippen molar-refractivity contribution in [3.05, 3.63) is 84.1 Å². The number of hydrogen-bond donors (Lipinski definition) is 1. The first-order chi connectivity index (χ1) is 17.6. The number of nitrogens with one attached hydrogen (secondary N) is 1. The van der Waals surface area contributed by atoms with Crippen LogP contribution in [0.15, 0.2) is 82.4 Å². The summed E-state index contributed by atoms with van der Waals surface area (Å²) in [5.41, 5.74) is 1.26. The third-order valence-corrected chi connectivity index (χ3v) is 8.02. The molecule has 0 bridgehead atoms. The first-order valence-electron chi connectivity index (χ1n) is 11.5. The van der Waals surface area contributed by atoms with Crippen molar-refractivity contribution in [1.82, 2.24) is 14.6 Å². The largest absolute Gasteiger partial charge is 0.443 e. The van der Waals surface area contributed by atoms with Gasteiger partial charge in [-0.25, -0.2) is 8.42 Å². The molecule has 0 spiro atoms. The second kappa shape index (κ2) is 9.64. The van der Waals surface area contributed by atoms with Crippen molar-refractivity contribution in [3.63, 3.8) is 0 Å². The molecule has 11 heteroatoms. The Morgan fingerprint density at radius 3 is 2.62 bits per heavy atom. The molecule has 5 rings (SSSR count). The molecule has 1 N–H and O–H groups in total. The van der Waals surface area contributed by atoms with E-state index in [0.29, 0.717) is 40.6 Å². The van der Waals surface area contributed by atoms with E-state index < -0.39 is 33.7 Å². The van der Waals surface area contributed by atoms with Crippen LogP contribution in [0.5, 0.6) is 0 Å². The smallest absolute Gasteiger partial charge is 0.417 e. The van der Waals surface area contributed by atoms with Crippen LogP contribution in [0.2, 0.25) is 0 Å². The van der Waals surface area contributed by atoms with Crippen molar-refractivity contribution in [2.45, 2.75) is 36.7 Å². The van der Waals surface area contributed by atoms with Crippen LogP contribution in [0, 0.1) is 0 Å². The number of halogens is 3. The number of sulfonamides is 1. The van der Waals surface area contributed by atoms with E-state index in [1.54, 1.807) is 48.5 Å². The van der Waals surface area contributed by atoms with E-state index in [9.17, 15) is 26.4 Å². The molecule has 0 unspecified atom stereocenters. The normalized spacial score (nSPS) is 16.8. The van der Waals surface area contributed by atoms with Crippen LogP contribution >= 0.6 is 0 Å². The minimum Gasteiger partial charge on any atom is -0.443 e. The van der Waals surface area contributed by atoms with Crippen LogP contribution < -0.4 is 5.32 Å². The average Bonchev–Trinajstić information content (AvgIpc) is 3.55. The van der Waals surface area contributed by atoms with Crippen molar-refractivity contribution < 1.29 is 30.8 Å². The molecule has 1 saturated heterocycles. The SMILES string of the molecule is O=C(NCc1cccc(-c2ccc(C(F)(F)F)cn2)c1)[C@@H]1CCCN1S(=O)(=O)c1cc2ccccc2o1. The topological polar surface area (TPSA) is 92.5 Å². The standard InChI is InChI=1S/C26H22F3N3O4S/c27-26(28,29)20-10-11-21(30-16-20)18-7-3-5-17(13-18)15-31-25(33)22-8-4-12-32(22)37(34,35)24-14-19-6-1-2-9-23(19)36-24/h1-3,5-7,9-11,13-14,16,22H,4,8,12,15H2,(H,31,33)/t22-/m0/s1. The molecule has 2 aromatic heterocycles. The lowest BCUT2D eigenvalue weighted by molar-refractivity contribution is -0.137. The number of amides is 1. The first kappa shape index (κ1) is 25.0. The molecule has 4 aromatic rings. The third-order valence-electron chi connectivity index (χ3n) is 6.25. The molecule has 1 aliphatic heterocycles. The summed E-state index contributed by atoms with van der Waals surface area (Å²) >= 11 is 0. The summed E-state index contributed by atoms with van der Waals surface area (Å²) in [4.78, 5) is 16.9. The Bertz CT molecular complexity index is 1520. The fourth-order valence-corrected chi connectivity index (χ4v) is 5.98. The lowest BCUT2D eigenvalue weighted by atomic mass is 10.1. The monoisotopic (exact) mass is 529 g/mol. The summed E-state index contributed by atoms with van der Waals surface area (Å²) in [5.74, 6) is -0.435. The minimum absolute atomic E-state index is 0.113. The van der Waals surface area contributed by atoms with Gasteiger partial charge in [0.2, 0.25) is 11.0 Å². The van der Waals surface area contributed by atoms with Gasteiger partial charge in [-0.05, 0) is 42.7 Å². The molecule has 192 valence electrons. The lowest BCUT2D eigenvalue weighted by Crippen LogP contribution is -2.45. The highest BCUT2D eigenvalue weighted by atomic mass is 32.2. The van der Waals surface area contributed by atoms with Crippen LogP contribution in [0.3, 0.4) is 0 Å². The van der Waals surface area contributed by atoms with Gasteiger partial charge in [-0.2, -0.15) is 17.5 Å². The molecule has 1 atom stereocenters. The Labute approximate surface area is 211 Å². The van der Waals surface area contributed by atoms with E-state index in [-0.39, 0.29) is 18.2 Å². The second-order valence-corrected chi connectivity index (χ2v) is 10.5. The molecule has 0 radical (unpaired) electrons. The Morgan fingerprint density at radius 1 is 1.08 bits per heavy atom. The number of rotatable bonds is 6. The summed E-state index contributed by atoms with van der Waals surface area (Å²) < 4.78 is 71.7. The summed E-state index contributed by atoms with van der Waals surface area (Å²) in [6, 6.07) is 16.7. The van der Waals surface area contributed by atoms with Crippen LogP contribution in [-0.4, -0.2) is 36.2 Å². The number of para-hydroxylation sites is 1. The maximum Gasteiger partial charge on any atom is 0.417 e. The summed E-state index contributed by atoms with van der Waals surface area (Å²) in [6.07, 6.45) is -2.78. The number of nitrogens with zero attached hydrogens (tertiary/aromatic N) is 2. The number of pyridine rings is 1. The molecule has 1 fully saturated rings. The van der Waals surface area contributed by atoms with E-state index in [1.807, 2.05) is 0 Å². The molecular weight excluding hydrogens is 507 g/mol. The van der Waals surface area contributed by atoms with Gasteiger partial charge in [0.1, 0.15) is 11.6 Å². The minimum atomic E-state index is -4.47. The fraction of sp³-hybridized carbons (Fsp3) is 0.231. The number of alkyl halides is 3. The van der Waals surface area contributed by atoms with Crippen molar-refractivity contribution >= 4 is 26.9 Å². The van der Waals surface area contributed by atoms with Crippen molar-refractivity contribution in [2.24, 2.45) is 0 Å². The van der Waals surface area contributed by atoms with E-state index in [2.05, 4.69) is 10.3 Å². The van der Waals surface area contributed by atoms with Crippen LogP contribution in [0.1, 0.15) is 24.0 Å². The third kappa shape index (κ3) is 5.09. The molecule has 1 aliphatic rings. The van der Waals surface area contributed by atoms with Gasteiger partial charge in [0.15, 0.2) is 0 Å². The number of furan rings is 1. The zero-order chi connectivity index (χ0) is 26.2. The predicted octanol–water partition coefficient (Wildman–Crippen LogP) is 4.98. The van der Waals surface area contributed by atoms with Gasteiger partial charge in [-0.3, -0.25) is 9.78 Å². The van der Waals surface area contributed by atoms with E-state index in [1.165, 1.54) is 16.4 Å². The first-order valence-corrected chi connectivity index (χ1v) is 13.0. The van der Waals surface area contributed by atoms with Gasteiger partial charge in [0.25, 0.3) is 10.0 Å². The Hall–Kier alpha value is -3.70. The van der Waals surface area contributed by atoms with Crippen molar-refractivity contribution in [1.29, 1.82) is 0 Å². The number of fused-ring (bicyclic) bond motifs is 1. The highest BCUT2D eigenvalue weighted by molar-refractivity contribution is 7.89. The maximum atomic E-state index is 13.3. The summed E-state index contributed by atoms with van der Waals surface area (Å²) in [5, 5.41) is 3.24. The van der Waals surface area contributed by atoms with Gasteiger partial charge in [-0.15, -0.1) is 0 Å². The molecule has 3 heterocycles. The van der Waals surface area contributed by atoms with E-state index in [0.717, 1.165) is 12.3 Å². The van der Waals surface area contributed by atoms with Gasteiger partial charge >= 0.3 is 6.18 Å². The average molecular weight is 530 g/mol. The van der Waals surface area contributed by atoms with Crippen molar-refractivity contribution in [3.8, 4) is 11.3 Å². The molecule has 37 heavy (non-hydrogen) atoms. The molecule has 7 nitrogen and oxygen atoms in total. The number of carbonyl (C=O) groups excluding carboxylic acids is 1. The van der Waals surface area contributed by atoms with Gasteiger partial charge < -0.3 is 9.73 Å². The quantitative estimate of drug-likeness (QED) is 0.380. The Kier molecular flexibility index (Phi) is 6.50. The summed E-state index contributed by atoms with van der Waals surface area (Å²) in [6.45, 7) is 0.314. The summed E-state index contributed by atoms with van der Waals surface area (Å²) in [7, 11) is -4.02. The molecule has 0 saturated carbocycles. The van der Waals surface area contributed by atoms with Gasteiger partial charge in [-0.1, -0.05) is 36.4 Å². The van der Waals surface area contributed by atoms with Crippen LogP contribution in [0.25, 0.3) is 22.2 Å². The molecule has 0 aliphatic carbocycles. The zero-order valence-corrected chi connectivity index (χ0v) is 20.2. The molecule has 2 aromatic carbocycles. The van der Waals surface area contributed by atoms with Gasteiger partial charge in [0, 0.05) is 36.3 Å². The second-order valence-electron chi connectivity index (χ2n) is 8.73. The molecule has 1 amide bonds. The highest BCUT2D eigenvalue weighted by Gasteiger charge is 2.41. The van der Waals surface area contributed by atoms with Crippen LogP contribution in [0.4, 0.5) is 13.2 Å². The Balaban J connectivity index is 1.28. The maximum absolute atomic E-state index is 13.3. The fourth-order valence-electron chi connectivity index (χ4n) is 4.37. The van der Waals surface area contributed by atoms with Crippen molar-refractivity contribution in [2.75, 3.05) is 6.54 Å². The number of hydrogen-bond acceptors (Lipinski definition) is 5. The van der Waals surface area contributed by atoms with Crippen LogP contribution in [-0.2, 0) is 27.5 Å². The van der Waals surface area contributed by atoms with E-state index in [4.69, 9.17) is 4.42 Å². The van der Waals surface area contributed by atoms with E-state index >= 15 is 0 Å². The zero-order valence-electron chi connectivity index (χ0n) is 19.4. The Morgan fingerprint density at radius 2 is 1.89 bits per heavy atom.